The Balaban J connectivity index is 2.19. The van der Waals surface area contributed by atoms with Crippen molar-refractivity contribution in [1.82, 2.24) is 15.1 Å². The van der Waals surface area contributed by atoms with Crippen molar-refractivity contribution in [2.24, 2.45) is 5.92 Å². The molecule has 0 saturated carbocycles. The van der Waals surface area contributed by atoms with Crippen molar-refractivity contribution in [3.8, 4) is 5.69 Å². The SMILES string of the molecule is CCc1c(C(=O)NCC(C)CCO)cnn1-c1cccc(Cl)c1. The molecule has 0 radical (unpaired) electrons. The van der Waals surface area contributed by atoms with Gasteiger partial charge < -0.3 is 10.4 Å². The normalized spacial score (nSPS) is 12.2. The number of aromatic nitrogens is 2. The van der Waals surface area contributed by atoms with Crippen molar-refractivity contribution in [1.29, 1.82) is 0 Å². The number of aliphatic hydroxyl groups excluding tert-OH is 1. The highest BCUT2D eigenvalue weighted by molar-refractivity contribution is 6.30. The lowest BCUT2D eigenvalue weighted by Gasteiger charge is -2.12. The number of nitrogens with one attached hydrogen (secondary N) is 1. The van der Waals surface area contributed by atoms with Gasteiger partial charge in [0.2, 0.25) is 0 Å². The summed E-state index contributed by atoms with van der Waals surface area (Å²) in [5, 5.41) is 16.8. The fraction of sp³-hybridized carbons (Fsp3) is 0.412. The molecular weight excluding hydrogens is 314 g/mol. The number of carbonyl (C=O) groups excluding carboxylic acids is 1. The third-order valence-corrected chi connectivity index (χ3v) is 3.97. The first-order valence-electron chi connectivity index (χ1n) is 7.78. The Kier molecular flexibility index (Phi) is 6.19. The van der Waals surface area contributed by atoms with E-state index in [0.717, 1.165) is 11.4 Å². The second kappa shape index (κ2) is 8.13. The first-order chi connectivity index (χ1) is 11.1. The van der Waals surface area contributed by atoms with Crippen LogP contribution < -0.4 is 5.32 Å². The lowest BCUT2D eigenvalue weighted by molar-refractivity contribution is 0.0944. The number of benzene rings is 1. The van der Waals surface area contributed by atoms with Crippen molar-refractivity contribution < 1.29 is 9.90 Å². The van der Waals surface area contributed by atoms with Crippen molar-refractivity contribution in [2.75, 3.05) is 13.2 Å². The molecule has 0 aliphatic carbocycles. The molecule has 6 heteroatoms. The molecule has 2 aromatic rings. The topological polar surface area (TPSA) is 67.2 Å². The second-order valence-corrected chi connectivity index (χ2v) is 6.01. The molecule has 0 aliphatic rings. The molecule has 0 saturated heterocycles. The molecule has 0 aliphatic heterocycles. The van der Waals surface area contributed by atoms with Crippen molar-refractivity contribution in [3.63, 3.8) is 0 Å². The molecule has 1 aromatic heterocycles. The summed E-state index contributed by atoms with van der Waals surface area (Å²) in [6.07, 6.45) is 2.94. The van der Waals surface area contributed by atoms with Crippen LogP contribution in [-0.4, -0.2) is 33.9 Å². The van der Waals surface area contributed by atoms with E-state index < -0.39 is 0 Å². The van der Waals surface area contributed by atoms with Crippen LogP contribution in [0, 0.1) is 5.92 Å². The molecule has 5 nitrogen and oxygen atoms in total. The van der Waals surface area contributed by atoms with Gasteiger partial charge in [-0.1, -0.05) is 31.5 Å². The summed E-state index contributed by atoms with van der Waals surface area (Å²) < 4.78 is 1.75. The van der Waals surface area contributed by atoms with E-state index in [1.54, 1.807) is 16.9 Å². The molecule has 0 spiro atoms. The minimum atomic E-state index is -0.139. The lowest BCUT2D eigenvalue weighted by atomic mass is 10.1. The van der Waals surface area contributed by atoms with Crippen LogP contribution >= 0.6 is 11.6 Å². The van der Waals surface area contributed by atoms with E-state index in [9.17, 15) is 4.79 Å². The summed E-state index contributed by atoms with van der Waals surface area (Å²) in [4.78, 5) is 12.4. The van der Waals surface area contributed by atoms with E-state index in [4.69, 9.17) is 16.7 Å². The van der Waals surface area contributed by atoms with Gasteiger partial charge in [0.25, 0.3) is 5.91 Å². The average Bonchev–Trinajstić information content (AvgIpc) is 2.97. The first-order valence-corrected chi connectivity index (χ1v) is 8.16. The molecule has 1 heterocycles. The number of aliphatic hydroxyl groups is 1. The zero-order chi connectivity index (χ0) is 16.8. The van der Waals surface area contributed by atoms with Gasteiger partial charge in [-0.25, -0.2) is 4.68 Å². The van der Waals surface area contributed by atoms with E-state index in [0.29, 0.717) is 30.0 Å². The maximum absolute atomic E-state index is 12.4. The summed E-state index contributed by atoms with van der Waals surface area (Å²) in [6.45, 7) is 4.64. The molecule has 124 valence electrons. The molecule has 1 amide bonds. The van der Waals surface area contributed by atoms with Gasteiger partial charge in [0.1, 0.15) is 0 Å². The van der Waals surface area contributed by atoms with Gasteiger partial charge in [0.15, 0.2) is 0 Å². The largest absolute Gasteiger partial charge is 0.396 e. The molecule has 2 N–H and O–H groups in total. The van der Waals surface area contributed by atoms with E-state index in [1.165, 1.54) is 0 Å². The third kappa shape index (κ3) is 4.33. The van der Waals surface area contributed by atoms with Gasteiger partial charge in [-0.2, -0.15) is 5.10 Å². The predicted octanol–water partition coefficient (Wildman–Crippen LogP) is 2.84. The van der Waals surface area contributed by atoms with Crippen LogP contribution in [-0.2, 0) is 6.42 Å². The molecule has 1 atom stereocenters. The second-order valence-electron chi connectivity index (χ2n) is 5.58. The monoisotopic (exact) mass is 335 g/mol. The molecule has 0 bridgehead atoms. The summed E-state index contributed by atoms with van der Waals surface area (Å²) >= 11 is 6.03. The zero-order valence-electron chi connectivity index (χ0n) is 13.4. The Hall–Kier alpha value is -1.85. The van der Waals surface area contributed by atoms with Crippen molar-refractivity contribution in [2.45, 2.75) is 26.7 Å². The molecule has 1 aromatic carbocycles. The molecule has 0 fully saturated rings. The van der Waals surface area contributed by atoms with Crippen molar-refractivity contribution in [3.05, 3.63) is 46.7 Å². The van der Waals surface area contributed by atoms with Crippen LogP contribution in [0.2, 0.25) is 5.02 Å². The number of hydrogen-bond acceptors (Lipinski definition) is 3. The first kappa shape index (κ1) is 17.5. The standard InChI is InChI=1S/C17H22ClN3O2/c1-3-16-15(17(23)19-10-12(2)7-8-22)11-20-21(16)14-6-4-5-13(18)9-14/h4-6,9,11-12,22H,3,7-8,10H2,1-2H3,(H,19,23). The average molecular weight is 336 g/mol. The van der Waals surface area contributed by atoms with Gasteiger partial charge >= 0.3 is 0 Å². The van der Waals surface area contributed by atoms with Gasteiger partial charge in [-0.05, 0) is 37.0 Å². The fourth-order valence-corrected chi connectivity index (χ4v) is 2.60. The van der Waals surface area contributed by atoms with Crippen LogP contribution in [0.1, 0.15) is 36.3 Å². The van der Waals surface area contributed by atoms with Crippen LogP contribution in [0.4, 0.5) is 0 Å². The smallest absolute Gasteiger partial charge is 0.254 e. The van der Waals surface area contributed by atoms with E-state index in [1.807, 2.05) is 32.0 Å². The van der Waals surface area contributed by atoms with Gasteiger partial charge in [0, 0.05) is 18.2 Å². The Labute approximate surface area is 141 Å². The number of rotatable bonds is 7. The minimum absolute atomic E-state index is 0.129. The van der Waals surface area contributed by atoms with E-state index in [-0.39, 0.29) is 18.4 Å². The maximum Gasteiger partial charge on any atom is 0.254 e. The van der Waals surface area contributed by atoms with Gasteiger partial charge in [-0.3, -0.25) is 4.79 Å². The van der Waals surface area contributed by atoms with Crippen LogP contribution in [0.15, 0.2) is 30.5 Å². The van der Waals surface area contributed by atoms with Crippen LogP contribution in [0.3, 0.4) is 0 Å². The summed E-state index contributed by atoms with van der Waals surface area (Å²) in [5.74, 6) is 0.0944. The molecule has 23 heavy (non-hydrogen) atoms. The highest BCUT2D eigenvalue weighted by atomic mass is 35.5. The number of carbonyl (C=O) groups is 1. The Morgan fingerprint density at radius 2 is 2.26 bits per heavy atom. The van der Waals surface area contributed by atoms with E-state index >= 15 is 0 Å². The quantitative estimate of drug-likeness (QED) is 0.817. The molecule has 2 rings (SSSR count). The highest BCUT2D eigenvalue weighted by Crippen LogP contribution is 2.19. The van der Waals surface area contributed by atoms with E-state index in [2.05, 4.69) is 10.4 Å². The zero-order valence-corrected chi connectivity index (χ0v) is 14.2. The van der Waals surface area contributed by atoms with Crippen molar-refractivity contribution >= 4 is 17.5 Å². The summed E-state index contributed by atoms with van der Waals surface area (Å²) in [5.41, 5.74) is 2.25. The number of amides is 1. The Morgan fingerprint density at radius 1 is 1.48 bits per heavy atom. The Morgan fingerprint density at radius 3 is 2.91 bits per heavy atom. The van der Waals surface area contributed by atoms with Crippen LogP contribution in [0.25, 0.3) is 5.69 Å². The summed E-state index contributed by atoms with van der Waals surface area (Å²) in [7, 11) is 0. The van der Waals surface area contributed by atoms with Gasteiger partial charge in [-0.15, -0.1) is 0 Å². The van der Waals surface area contributed by atoms with Crippen LogP contribution in [0.5, 0.6) is 0 Å². The fourth-order valence-electron chi connectivity index (χ4n) is 2.42. The highest BCUT2D eigenvalue weighted by Gasteiger charge is 2.17. The number of nitrogens with zero attached hydrogens (tertiary/aromatic N) is 2. The minimum Gasteiger partial charge on any atom is -0.396 e. The third-order valence-electron chi connectivity index (χ3n) is 3.73. The number of hydrogen-bond donors (Lipinski definition) is 2. The summed E-state index contributed by atoms with van der Waals surface area (Å²) in [6, 6.07) is 7.38. The number of halogens is 1. The maximum atomic E-state index is 12.4. The Bertz CT molecular complexity index is 670. The van der Waals surface area contributed by atoms with Gasteiger partial charge in [0.05, 0.1) is 23.1 Å². The predicted molar refractivity (Wildman–Crippen MR) is 91.2 cm³/mol. The lowest BCUT2D eigenvalue weighted by Crippen LogP contribution is -2.29. The molecular formula is C17H22ClN3O2. The molecule has 1 unspecified atom stereocenters.